The van der Waals surface area contributed by atoms with E-state index in [1.807, 2.05) is 30.3 Å². The molecule has 0 unspecified atom stereocenters. The first-order valence-corrected chi connectivity index (χ1v) is 10.6. The van der Waals surface area contributed by atoms with Crippen LogP contribution in [0.5, 0.6) is 5.75 Å². The molecule has 10 heteroatoms. The second-order valence-electron chi connectivity index (χ2n) is 7.20. The highest BCUT2D eigenvalue weighted by Gasteiger charge is 2.24. The van der Waals surface area contributed by atoms with Gasteiger partial charge in [0.15, 0.2) is 12.3 Å². The molecule has 3 aromatic rings. The standard InChI is InChI=1S/C23H25ClN4O5/c1-32-13-5-12-27(19(29)15-33-18-10-8-17(24)9-11-18)20-21(25)28(23(31)26-22(20)30)14-16-6-3-2-4-7-16/h2-4,6-11H,5,12-15,25H2,1H3,(H,26,30,31). The summed E-state index contributed by atoms with van der Waals surface area (Å²) in [5.41, 5.74) is 5.56. The van der Waals surface area contributed by atoms with Crippen LogP contribution >= 0.6 is 11.6 Å². The number of ether oxygens (including phenoxy) is 2. The zero-order chi connectivity index (χ0) is 23.8. The molecule has 0 bridgehead atoms. The fourth-order valence-corrected chi connectivity index (χ4v) is 3.37. The average molecular weight is 473 g/mol. The van der Waals surface area contributed by atoms with Gasteiger partial charge in [0.1, 0.15) is 11.6 Å². The minimum atomic E-state index is -0.751. The molecule has 2 aromatic carbocycles. The summed E-state index contributed by atoms with van der Waals surface area (Å²) in [4.78, 5) is 41.8. The Morgan fingerprint density at radius 1 is 1.12 bits per heavy atom. The number of halogens is 1. The van der Waals surface area contributed by atoms with Gasteiger partial charge in [0, 0.05) is 25.3 Å². The number of hydrogen-bond donors (Lipinski definition) is 2. The van der Waals surface area contributed by atoms with Crippen molar-refractivity contribution in [2.45, 2.75) is 13.0 Å². The van der Waals surface area contributed by atoms with Crippen LogP contribution in [0.2, 0.25) is 5.02 Å². The van der Waals surface area contributed by atoms with Crippen molar-refractivity contribution in [1.29, 1.82) is 0 Å². The SMILES string of the molecule is COCCCN(C(=O)COc1ccc(Cl)cc1)c1c(N)n(Cc2ccccc2)c(=O)[nH]c1=O. The van der Waals surface area contributed by atoms with Crippen LogP contribution in [-0.4, -0.2) is 42.3 Å². The number of carbonyl (C=O) groups is 1. The number of aromatic nitrogens is 2. The highest BCUT2D eigenvalue weighted by atomic mass is 35.5. The van der Waals surface area contributed by atoms with E-state index >= 15 is 0 Å². The third kappa shape index (κ3) is 6.24. The number of hydrogen-bond acceptors (Lipinski definition) is 6. The van der Waals surface area contributed by atoms with Gasteiger partial charge in [-0.1, -0.05) is 41.9 Å². The van der Waals surface area contributed by atoms with Gasteiger partial charge in [0.05, 0.1) is 6.54 Å². The summed E-state index contributed by atoms with van der Waals surface area (Å²) in [6, 6.07) is 15.7. The Balaban J connectivity index is 1.92. The van der Waals surface area contributed by atoms with E-state index < -0.39 is 17.2 Å². The van der Waals surface area contributed by atoms with E-state index in [9.17, 15) is 14.4 Å². The maximum absolute atomic E-state index is 13.1. The van der Waals surface area contributed by atoms with Gasteiger partial charge in [-0.25, -0.2) is 4.79 Å². The van der Waals surface area contributed by atoms with Gasteiger partial charge in [0.25, 0.3) is 11.5 Å². The first kappa shape index (κ1) is 24.1. The minimum Gasteiger partial charge on any atom is -0.484 e. The second-order valence-corrected chi connectivity index (χ2v) is 7.64. The molecule has 9 nitrogen and oxygen atoms in total. The Morgan fingerprint density at radius 2 is 1.82 bits per heavy atom. The lowest BCUT2D eigenvalue weighted by atomic mass is 10.2. The zero-order valence-corrected chi connectivity index (χ0v) is 18.9. The van der Waals surface area contributed by atoms with Gasteiger partial charge in [-0.05, 0) is 36.2 Å². The molecule has 1 aromatic heterocycles. The first-order valence-electron chi connectivity index (χ1n) is 10.2. The third-order valence-electron chi connectivity index (χ3n) is 4.87. The van der Waals surface area contributed by atoms with Crippen molar-refractivity contribution in [2.24, 2.45) is 0 Å². The topological polar surface area (TPSA) is 120 Å². The molecule has 33 heavy (non-hydrogen) atoms. The van der Waals surface area contributed by atoms with Crippen LogP contribution in [0.15, 0.2) is 64.2 Å². The van der Waals surface area contributed by atoms with Crippen molar-refractivity contribution in [2.75, 3.05) is 37.5 Å². The van der Waals surface area contributed by atoms with E-state index in [2.05, 4.69) is 4.98 Å². The maximum atomic E-state index is 13.1. The fourth-order valence-electron chi connectivity index (χ4n) is 3.24. The molecule has 0 radical (unpaired) electrons. The number of amides is 1. The van der Waals surface area contributed by atoms with Gasteiger partial charge in [-0.2, -0.15) is 0 Å². The van der Waals surface area contributed by atoms with E-state index in [0.29, 0.717) is 23.8 Å². The van der Waals surface area contributed by atoms with Crippen molar-refractivity contribution < 1.29 is 14.3 Å². The van der Waals surface area contributed by atoms with E-state index in [1.165, 1.54) is 16.6 Å². The summed E-state index contributed by atoms with van der Waals surface area (Å²) in [6.07, 6.45) is 0.444. The Morgan fingerprint density at radius 3 is 2.48 bits per heavy atom. The highest BCUT2D eigenvalue weighted by molar-refractivity contribution is 6.30. The van der Waals surface area contributed by atoms with Crippen LogP contribution < -0.4 is 26.6 Å². The van der Waals surface area contributed by atoms with Crippen LogP contribution in [0, 0.1) is 0 Å². The summed E-state index contributed by atoms with van der Waals surface area (Å²) in [5.74, 6) is -0.159. The highest BCUT2D eigenvalue weighted by Crippen LogP contribution is 2.20. The Kier molecular flexibility index (Phi) is 8.28. The van der Waals surface area contributed by atoms with Gasteiger partial charge in [-0.3, -0.25) is 19.1 Å². The normalized spacial score (nSPS) is 10.7. The largest absolute Gasteiger partial charge is 0.484 e. The Hall–Kier alpha value is -3.56. The summed E-state index contributed by atoms with van der Waals surface area (Å²) in [6.45, 7) is 0.304. The predicted octanol–water partition coefficient (Wildman–Crippen LogP) is 2.27. The van der Waals surface area contributed by atoms with Crippen molar-refractivity contribution in [1.82, 2.24) is 9.55 Å². The molecule has 0 aliphatic rings. The first-order chi connectivity index (χ1) is 15.9. The van der Waals surface area contributed by atoms with E-state index in [1.54, 1.807) is 24.3 Å². The summed E-state index contributed by atoms with van der Waals surface area (Å²) in [7, 11) is 1.54. The number of methoxy groups -OCH3 is 1. The fraction of sp³-hybridized carbons (Fsp3) is 0.261. The minimum absolute atomic E-state index is 0.105. The molecule has 0 saturated heterocycles. The molecule has 3 N–H and O–H groups in total. The Bertz CT molecular complexity index is 1190. The van der Waals surface area contributed by atoms with Gasteiger partial charge >= 0.3 is 5.69 Å². The molecular weight excluding hydrogens is 448 g/mol. The molecule has 0 saturated carbocycles. The Labute approximate surface area is 195 Å². The quantitative estimate of drug-likeness (QED) is 0.437. The number of nitrogens with two attached hydrogens (primary N) is 1. The third-order valence-corrected chi connectivity index (χ3v) is 5.13. The van der Waals surface area contributed by atoms with Crippen LogP contribution in [0.3, 0.4) is 0 Å². The number of anilines is 2. The second kappa shape index (κ2) is 11.3. The number of carbonyl (C=O) groups excluding carboxylic acids is 1. The lowest BCUT2D eigenvalue weighted by Gasteiger charge is -2.24. The number of nitrogens with one attached hydrogen (secondary N) is 1. The molecular formula is C23H25ClN4O5. The number of nitrogen functional groups attached to an aromatic ring is 1. The smallest absolute Gasteiger partial charge is 0.330 e. The molecule has 0 fully saturated rings. The predicted molar refractivity (Wildman–Crippen MR) is 127 cm³/mol. The number of benzene rings is 2. The molecule has 0 aliphatic carbocycles. The average Bonchev–Trinajstić information content (AvgIpc) is 2.81. The van der Waals surface area contributed by atoms with Crippen molar-refractivity contribution in [3.63, 3.8) is 0 Å². The van der Waals surface area contributed by atoms with Crippen molar-refractivity contribution in [3.8, 4) is 5.75 Å². The van der Waals surface area contributed by atoms with Crippen molar-refractivity contribution in [3.05, 3.63) is 86.0 Å². The summed E-state index contributed by atoms with van der Waals surface area (Å²) >= 11 is 5.87. The number of H-pyrrole nitrogens is 1. The molecule has 0 spiro atoms. The molecule has 1 amide bonds. The number of rotatable bonds is 10. The zero-order valence-electron chi connectivity index (χ0n) is 18.1. The van der Waals surface area contributed by atoms with Gasteiger partial charge in [-0.15, -0.1) is 0 Å². The van der Waals surface area contributed by atoms with Crippen LogP contribution in [0.1, 0.15) is 12.0 Å². The van der Waals surface area contributed by atoms with Gasteiger partial charge < -0.3 is 20.1 Å². The van der Waals surface area contributed by atoms with Crippen LogP contribution in [-0.2, 0) is 16.1 Å². The summed E-state index contributed by atoms with van der Waals surface area (Å²) < 4.78 is 11.9. The molecule has 3 rings (SSSR count). The number of aromatic amines is 1. The van der Waals surface area contributed by atoms with E-state index in [0.717, 1.165) is 5.56 Å². The molecule has 0 aliphatic heterocycles. The van der Waals surface area contributed by atoms with Gasteiger partial charge in [0.2, 0.25) is 0 Å². The van der Waals surface area contributed by atoms with E-state index in [4.69, 9.17) is 26.8 Å². The van der Waals surface area contributed by atoms with Crippen LogP contribution in [0.4, 0.5) is 11.5 Å². The molecule has 1 heterocycles. The molecule has 174 valence electrons. The lowest BCUT2D eigenvalue weighted by molar-refractivity contribution is -0.120. The lowest BCUT2D eigenvalue weighted by Crippen LogP contribution is -2.43. The van der Waals surface area contributed by atoms with Crippen molar-refractivity contribution >= 4 is 29.0 Å². The van der Waals surface area contributed by atoms with E-state index in [-0.39, 0.29) is 31.2 Å². The summed E-state index contributed by atoms with van der Waals surface area (Å²) in [5, 5.41) is 0.537. The number of nitrogens with zero attached hydrogens (tertiary/aromatic N) is 2. The monoisotopic (exact) mass is 472 g/mol. The maximum Gasteiger partial charge on any atom is 0.330 e. The molecule has 0 atom stereocenters. The van der Waals surface area contributed by atoms with Crippen LogP contribution in [0.25, 0.3) is 0 Å².